The molecule has 1 saturated carbocycles. The van der Waals surface area contributed by atoms with E-state index in [4.69, 9.17) is 0 Å². The molecule has 1 fully saturated rings. The van der Waals surface area contributed by atoms with Gasteiger partial charge in [0.1, 0.15) is 0 Å². The van der Waals surface area contributed by atoms with Crippen LogP contribution in [0.5, 0.6) is 0 Å². The molecule has 82 valence electrons. The largest absolute Gasteiger partial charge is 0.388 e. The summed E-state index contributed by atoms with van der Waals surface area (Å²) in [5, 5.41) is 15.3. The van der Waals surface area contributed by atoms with Gasteiger partial charge in [0, 0.05) is 13.6 Å². The van der Waals surface area contributed by atoms with Gasteiger partial charge in [-0.15, -0.1) is 0 Å². The van der Waals surface area contributed by atoms with Crippen molar-refractivity contribution >= 4 is 6.03 Å². The van der Waals surface area contributed by atoms with E-state index >= 15 is 0 Å². The lowest BCUT2D eigenvalue weighted by atomic mass is 9.79. The molecule has 2 atom stereocenters. The number of hydrogen-bond donors (Lipinski definition) is 3. The Bertz CT molecular complexity index is 208. The Morgan fingerprint density at radius 1 is 1.64 bits per heavy atom. The number of carbonyl (C=O) groups is 1. The van der Waals surface area contributed by atoms with Crippen molar-refractivity contribution in [2.45, 2.75) is 38.2 Å². The lowest BCUT2D eigenvalue weighted by Crippen LogP contribution is -2.47. The molecular formula is C10H20N2O2. The van der Waals surface area contributed by atoms with Gasteiger partial charge in [-0.1, -0.05) is 19.8 Å². The zero-order valence-electron chi connectivity index (χ0n) is 8.97. The Morgan fingerprint density at radius 2 is 2.36 bits per heavy atom. The summed E-state index contributed by atoms with van der Waals surface area (Å²) in [7, 11) is 1.57. The zero-order valence-corrected chi connectivity index (χ0v) is 8.97. The fourth-order valence-corrected chi connectivity index (χ4v) is 2.13. The van der Waals surface area contributed by atoms with Crippen LogP contribution in [0.25, 0.3) is 0 Å². The second-order valence-electron chi connectivity index (χ2n) is 4.36. The molecule has 2 amide bonds. The van der Waals surface area contributed by atoms with Gasteiger partial charge in [0.15, 0.2) is 0 Å². The van der Waals surface area contributed by atoms with E-state index in [-0.39, 0.29) is 6.03 Å². The quantitative estimate of drug-likeness (QED) is 0.619. The fraction of sp³-hybridized carbons (Fsp3) is 0.900. The van der Waals surface area contributed by atoms with Gasteiger partial charge in [0.05, 0.1) is 5.60 Å². The van der Waals surface area contributed by atoms with Gasteiger partial charge in [0.25, 0.3) is 0 Å². The molecule has 0 radical (unpaired) electrons. The highest BCUT2D eigenvalue weighted by Crippen LogP contribution is 2.31. The van der Waals surface area contributed by atoms with Crippen molar-refractivity contribution < 1.29 is 9.90 Å². The van der Waals surface area contributed by atoms with Gasteiger partial charge in [-0.3, -0.25) is 0 Å². The smallest absolute Gasteiger partial charge is 0.314 e. The van der Waals surface area contributed by atoms with Crippen LogP contribution in [0.4, 0.5) is 4.79 Å². The molecule has 3 N–H and O–H groups in total. The van der Waals surface area contributed by atoms with Crippen molar-refractivity contribution in [3.63, 3.8) is 0 Å². The third-order valence-electron chi connectivity index (χ3n) is 2.87. The average Bonchev–Trinajstić information content (AvgIpc) is 2.14. The predicted octanol–water partition coefficient (Wildman–Crippen LogP) is 0.857. The van der Waals surface area contributed by atoms with Gasteiger partial charge in [0.2, 0.25) is 0 Å². The monoisotopic (exact) mass is 200 g/mol. The molecule has 1 rings (SSSR count). The normalized spacial score (nSPS) is 32.4. The Hall–Kier alpha value is -0.770. The number of nitrogens with one attached hydrogen (secondary N) is 2. The first-order valence-corrected chi connectivity index (χ1v) is 5.24. The van der Waals surface area contributed by atoms with E-state index in [1.807, 2.05) is 0 Å². The molecule has 4 nitrogen and oxygen atoms in total. The Morgan fingerprint density at radius 3 is 2.93 bits per heavy atom. The molecule has 2 unspecified atom stereocenters. The van der Waals surface area contributed by atoms with Gasteiger partial charge in [-0.05, 0) is 18.8 Å². The van der Waals surface area contributed by atoms with Crippen molar-refractivity contribution in [2.24, 2.45) is 5.92 Å². The van der Waals surface area contributed by atoms with Crippen LogP contribution < -0.4 is 10.6 Å². The van der Waals surface area contributed by atoms with Crippen LogP contribution in [-0.2, 0) is 0 Å². The molecule has 1 aliphatic carbocycles. The summed E-state index contributed by atoms with van der Waals surface area (Å²) in [6.07, 6.45) is 3.81. The van der Waals surface area contributed by atoms with Crippen molar-refractivity contribution in [3.8, 4) is 0 Å². The van der Waals surface area contributed by atoms with E-state index in [0.717, 1.165) is 19.3 Å². The van der Waals surface area contributed by atoms with E-state index in [2.05, 4.69) is 17.6 Å². The molecule has 0 heterocycles. The summed E-state index contributed by atoms with van der Waals surface area (Å²) in [5.41, 5.74) is -0.690. The summed E-state index contributed by atoms with van der Waals surface area (Å²) in [6, 6.07) is -0.225. The van der Waals surface area contributed by atoms with Crippen LogP contribution in [-0.4, -0.2) is 30.3 Å². The lowest BCUT2D eigenvalue weighted by Gasteiger charge is -2.35. The van der Waals surface area contributed by atoms with Gasteiger partial charge < -0.3 is 15.7 Å². The Labute approximate surface area is 85.1 Å². The topological polar surface area (TPSA) is 61.4 Å². The molecule has 14 heavy (non-hydrogen) atoms. The number of amides is 2. The minimum Gasteiger partial charge on any atom is -0.388 e. The SMILES string of the molecule is CNC(=O)NCC1(O)CCCC(C)C1. The molecule has 0 spiro atoms. The number of rotatable bonds is 2. The van der Waals surface area contributed by atoms with Crippen LogP contribution in [0.2, 0.25) is 0 Å². The second kappa shape index (κ2) is 4.64. The summed E-state index contributed by atoms with van der Waals surface area (Å²) in [4.78, 5) is 10.9. The summed E-state index contributed by atoms with van der Waals surface area (Å²) in [5.74, 6) is 0.556. The second-order valence-corrected chi connectivity index (χ2v) is 4.36. The van der Waals surface area contributed by atoms with Crippen LogP contribution in [0.3, 0.4) is 0 Å². The minimum atomic E-state index is -0.690. The first kappa shape index (κ1) is 11.3. The van der Waals surface area contributed by atoms with Crippen molar-refractivity contribution in [1.29, 1.82) is 0 Å². The summed E-state index contributed by atoms with van der Waals surface area (Å²) < 4.78 is 0. The molecule has 0 aliphatic heterocycles. The van der Waals surface area contributed by atoms with Gasteiger partial charge in [-0.25, -0.2) is 4.79 Å². The minimum absolute atomic E-state index is 0.225. The maximum Gasteiger partial charge on any atom is 0.314 e. The first-order chi connectivity index (χ1) is 6.56. The van der Waals surface area contributed by atoms with Crippen LogP contribution in [0, 0.1) is 5.92 Å². The maximum absolute atomic E-state index is 10.9. The molecular weight excluding hydrogens is 180 g/mol. The molecule has 0 aromatic rings. The number of urea groups is 1. The van der Waals surface area contributed by atoms with Gasteiger partial charge >= 0.3 is 6.03 Å². The zero-order chi connectivity index (χ0) is 10.6. The fourth-order valence-electron chi connectivity index (χ4n) is 2.13. The van der Waals surface area contributed by atoms with Crippen LogP contribution >= 0.6 is 0 Å². The highest BCUT2D eigenvalue weighted by molar-refractivity contribution is 5.73. The highest BCUT2D eigenvalue weighted by atomic mass is 16.3. The van der Waals surface area contributed by atoms with Crippen molar-refractivity contribution in [2.75, 3.05) is 13.6 Å². The molecule has 0 aromatic heterocycles. The molecule has 4 heteroatoms. The van der Waals surface area contributed by atoms with E-state index < -0.39 is 5.60 Å². The molecule has 0 bridgehead atoms. The van der Waals surface area contributed by atoms with Crippen molar-refractivity contribution in [3.05, 3.63) is 0 Å². The number of aliphatic hydroxyl groups is 1. The average molecular weight is 200 g/mol. The van der Waals surface area contributed by atoms with Crippen molar-refractivity contribution in [1.82, 2.24) is 10.6 Å². The first-order valence-electron chi connectivity index (χ1n) is 5.24. The standard InChI is InChI=1S/C10H20N2O2/c1-8-4-3-5-10(14,6-8)7-12-9(13)11-2/h8,14H,3-7H2,1-2H3,(H2,11,12,13). The highest BCUT2D eigenvalue weighted by Gasteiger charge is 2.32. The number of carbonyl (C=O) groups excluding carboxylic acids is 1. The summed E-state index contributed by atoms with van der Waals surface area (Å²) in [6.45, 7) is 2.50. The third kappa shape index (κ3) is 3.18. The predicted molar refractivity (Wildman–Crippen MR) is 55.0 cm³/mol. The maximum atomic E-state index is 10.9. The number of hydrogen-bond acceptors (Lipinski definition) is 2. The van der Waals surface area contributed by atoms with E-state index in [1.165, 1.54) is 6.42 Å². The summed E-state index contributed by atoms with van der Waals surface area (Å²) >= 11 is 0. The van der Waals surface area contributed by atoms with E-state index in [0.29, 0.717) is 12.5 Å². The van der Waals surface area contributed by atoms with E-state index in [9.17, 15) is 9.90 Å². The third-order valence-corrected chi connectivity index (χ3v) is 2.87. The molecule has 1 aliphatic rings. The van der Waals surface area contributed by atoms with E-state index in [1.54, 1.807) is 7.05 Å². The van der Waals surface area contributed by atoms with Gasteiger partial charge in [-0.2, -0.15) is 0 Å². The Balaban J connectivity index is 2.37. The Kier molecular flexibility index (Phi) is 3.75. The molecule has 0 saturated heterocycles. The van der Waals surface area contributed by atoms with Crippen LogP contribution in [0.15, 0.2) is 0 Å². The molecule has 0 aromatic carbocycles. The van der Waals surface area contributed by atoms with Crippen LogP contribution in [0.1, 0.15) is 32.6 Å². The lowest BCUT2D eigenvalue weighted by molar-refractivity contribution is -0.00946.